The average molecular weight is 455 g/mol. The van der Waals surface area contributed by atoms with Crippen LogP contribution in [0.2, 0.25) is 0 Å². The van der Waals surface area contributed by atoms with Crippen molar-refractivity contribution in [3.05, 3.63) is 53.8 Å². The third-order valence-electron chi connectivity index (χ3n) is 5.72. The van der Waals surface area contributed by atoms with Crippen molar-refractivity contribution < 1.29 is 4.39 Å². The molecule has 1 atom stereocenters. The fraction of sp³-hybridized carbons (Fsp3) is 0.409. The number of halogens is 1. The summed E-state index contributed by atoms with van der Waals surface area (Å²) < 4.78 is 17.9. The monoisotopic (exact) mass is 454 g/mol. The molecule has 0 bridgehead atoms. The molecule has 1 saturated heterocycles. The molecule has 168 valence electrons. The van der Waals surface area contributed by atoms with Crippen LogP contribution < -0.4 is 5.32 Å². The number of aryl methyl sites for hydroxylation is 2. The highest BCUT2D eigenvalue weighted by Gasteiger charge is 2.19. The highest BCUT2D eigenvalue weighted by Crippen LogP contribution is 2.26. The predicted octanol–water partition coefficient (Wildman–Crippen LogP) is 3.00. The summed E-state index contributed by atoms with van der Waals surface area (Å²) in [7, 11) is 0. The van der Waals surface area contributed by atoms with Crippen molar-refractivity contribution in [3.63, 3.8) is 0 Å². The first kappa shape index (κ1) is 22.3. The lowest BCUT2D eigenvalue weighted by atomic mass is 10.00. The summed E-state index contributed by atoms with van der Waals surface area (Å²) in [5.41, 5.74) is 3.89. The second kappa shape index (κ2) is 9.33. The number of fused-ring (bicyclic) bond motifs is 1. The van der Waals surface area contributed by atoms with Crippen LogP contribution >= 0.6 is 13.5 Å². The molecule has 1 unspecified atom stereocenters. The first-order valence-electron chi connectivity index (χ1n) is 10.6. The minimum absolute atomic E-state index is 0. The summed E-state index contributed by atoms with van der Waals surface area (Å²) in [5.74, 6) is 1.50. The van der Waals surface area contributed by atoms with Gasteiger partial charge < -0.3 is 9.88 Å². The fourth-order valence-corrected chi connectivity index (χ4v) is 4.29. The van der Waals surface area contributed by atoms with Gasteiger partial charge in [-0.05, 0) is 51.8 Å². The number of imidazole rings is 1. The zero-order valence-electron chi connectivity index (χ0n) is 18.2. The van der Waals surface area contributed by atoms with Crippen molar-refractivity contribution in [2.24, 2.45) is 5.92 Å². The topological polar surface area (TPSA) is 86.3 Å². The summed E-state index contributed by atoms with van der Waals surface area (Å²) >= 11 is 0. The second-order valence-corrected chi connectivity index (χ2v) is 8.22. The highest BCUT2D eigenvalue weighted by molar-refractivity contribution is 7.59. The van der Waals surface area contributed by atoms with Gasteiger partial charge in [-0.3, -0.25) is 9.67 Å². The van der Waals surface area contributed by atoms with Gasteiger partial charge in [0.05, 0.1) is 24.6 Å². The van der Waals surface area contributed by atoms with Gasteiger partial charge in [0.2, 0.25) is 0 Å². The van der Waals surface area contributed by atoms with E-state index in [1.165, 1.54) is 25.1 Å². The van der Waals surface area contributed by atoms with Crippen LogP contribution in [0, 0.1) is 25.6 Å². The standard InChI is InChI=1S/C22H25FN8.H2S/c1-14-20-22(28-15(2)27-14)31(21(29-20)18-6-19(23)10-25-9-18)13-17-8-26-30(12-17)11-16-4-3-5-24-7-16;/h6,8-10,12,16,24H,3-5,7,11,13H2,1-2H3;1H2. The molecule has 5 rings (SSSR count). The van der Waals surface area contributed by atoms with E-state index in [1.54, 1.807) is 6.20 Å². The molecule has 1 fully saturated rings. The molecule has 0 spiro atoms. The van der Waals surface area contributed by atoms with E-state index in [0.717, 1.165) is 36.5 Å². The number of pyridine rings is 1. The smallest absolute Gasteiger partial charge is 0.164 e. The quantitative estimate of drug-likeness (QED) is 0.499. The van der Waals surface area contributed by atoms with Crippen LogP contribution in [0.25, 0.3) is 22.6 Å². The van der Waals surface area contributed by atoms with Gasteiger partial charge in [0, 0.05) is 30.1 Å². The fourth-order valence-electron chi connectivity index (χ4n) is 4.29. The van der Waals surface area contributed by atoms with Crippen LogP contribution in [-0.4, -0.2) is 47.4 Å². The number of hydrogen-bond donors (Lipinski definition) is 1. The van der Waals surface area contributed by atoms with E-state index in [2.05, 4.69) is 31.6 Å². The van der Waals surface area contributed by atoms with Gasteiger partial charge in [-0.1, -0.05) is 0 Å². The van der Waals surface area contributed by atoms with Gasteiger partial charge in [-0.2, -0.15) is 18.6 Å². The van der Waals surface area contributed by atoms with Gasteiger partial charge in [0.25, 0.3) is 0 Å². The Morgan fingerprint density at radius 2 is 2.03 bits per heavy atom. The van der Waals surface area contributed by atoms with Crippen LogP contribution in [0.3, 0.4) is 0 Å². The van der Waals surface area contributed by atoms with Gasteiger partial charge in [0.1, 0.15) is 23.0 Å². The van der Waals surface area contributed by atoms with Gasteiger partial charge >= 0.3 is 0 Å². The molecule has 0 aliphatic carbocycles. The Balaban J connectivity index is 0.00000245. The van der Waals surface area contributed by atoms with E-state index in [-0.39, 0.29) is 13.5 Å². The lowest BCUT2D eigenvalue weighted by Crippen LogP contribution is -2.32. The molecule has 0 amide bonds. The molecular weight excluding hydrogens is 427 g/mol. The van der Waals surface area contributed by atoms with E-state index in [1.807, 2.05) is 29.3 Å². The Hall–Kier alpha value is -2.85. The summed E-state index contributed by atoms with van der Waals surface area (Å²) in [4.78, 5) is 17.8. The summed E-state index contributed by atoms with van der Waals surface area (Å²) in [6.45, 7) is 7.35. The lowest BCUT2D eigenvalue weighted by Gasteiger charge is -2.22. The van der Waals surface area contributed by atoms with Crippen LogP contribution in [0.1, 0.15) is 29.9 Å². The van der Waals surface area contributed by atoms with Crippen molar-refractivity contribution in [2.45, 2.75) is 39.8 Å². The molecule has 4 aromatic heterocycles. The van der Waals surface area contributed by atoms with Gasteiger partial charge in [-0.15, -0.1) is 0 Å². The number of hydrogen-bond acceptors (Lipinski definition) is 6. The maximum atomic E-state index is 13.9. The molecule has 0 radical (unpaired) electrons. The van der Waals surface area contributed by atoms with Crippen LogP contribution in [0.4, 0.5) is 4.39 Å². The summed E-state index contributed by atoms with van der Waals surface area (Å²) in [5, 5.41) is 8.03. The Bertz CT molecular complexity index is 1230. The molecule has 4 aromatic rings. The van der Waals surface area contributed by atoms with E-state index < -0.39 is 5.82 Å². The van der Waals surface area contributed by atoms with Crippen molar-refractivity contribution in [2.75, 3.05) is 13.1 Å². The SMILES string of the molecule is Cc1nc(C)c2nc(-c3cncc(F)c3)n(Cc3cnn(CC4CCCNC4)c3)c2n1.S. The third-order valence-corrected chi connectivity index (χ3v) is 5.72. The van der Waals surface area contributed by atoms with Crippen molar-refractivity contribution in [1.82, 2.24) is 39.6 Å². The van der Waals surface area contributed by atoms with E-state index in [4.69, 9.17) is 4.98 Å². The molecule has 5 heterocycles. The second-order valence-electron chi connectivity index (χ2n) is 8.22. The third kappa shape index (κ3) is 4.51. The predicted molar refractivity (Wildman–Crippen MR) is 125 cm³/mol. The normalized spacial score (nSPS) is 16.3. The van der Waals surface area contributed by atoms with E-state index >= 15 is 0 Å². The van der Waals surface area contributed by atoms with Crippen molar-refractivity contribution in [3.8, 4) is 11.4 Å². The Labute approximate surface area is 192 Å². The minimum atomic E-state index is -0.399. The summed E-state index contributed by atoms with van der Waals surface area (Å²) in [6.07, 6.45) is 9.21. The Morgan fingerprint density at radius 1 is 1.16 bits per heavy atom. The first-order chi connectivity index (χ1) is 15.1. The zero-order chi connectivity index (χ0) is 21.4. The van der Waals surface area contributed by atoms with Crippen molar-refractivity contribution >= 4 is 24.7 Å². The molecule has 0 saturated carbocycles. The van der Waals surface area contributed by atoms with Crippen molar-refractivity contribution in [1.29, 1.82) is 0 Å². The molecule has 32 heavy (non-hydrogen) atoms. The molecule has 1 N–H and O–H groups in total. The number of nitrogens with one attached hydrogen (secondary N) is 1. The first-order valence-corrected chi connectivity index (χ1v) is 10.6. The minimum Gasteiger partial charge on any atom is -0.316 e. The highest BCUT2D eigenvalue weighted by atomic mass is 32.1. The maximum Gasteiger partial charge on any atom is 0.164 e. The van der Waals surface area contributed by atoms with Crippen LogP contribution in [0.5, 0.6) is 0 Å². The van der Waals surface area contributed by atoms with Gasteiger partial charge in [-0.25, -0.2) is 19.3 Å². The molecule has 1 aliphatic rings. The van der Waals surface area contributed by atoms with Gasteiger partial charge in [0.15, 0.2) is 5.65 Å². The van der Waals surface area contributed by atoms with E-state index in [0.29, 0.717) is 35.2 Å². The molecule has 10 heteroatoms. The lowest BCUT2D eigenvalue weighted by molar-refractivity contribution is 0.325. The maximum absolute atomic E-state index is 13.9. The van der Waals surface area contributed by atoms with Crippen LogP contribution in [0.15, 0.2) is 30.9 Å². The Kier molecular flexibility index (Phi) is 6.52. The Morgan fingerprint density at radius 3 is 2.81 bits per heavy atom. The number of nitrogens with zero attached hydrogens (tertiary/aromatic N) is 7. The number of aromatic nitrogens is 7. The molecule has 8 nitrogen and oxygen atoms in total. The molecule has 1 aliphatic heterocycles. The number of piperidine rings is 1. The largest absolute Gasteiger partial charge is 0.316 e. The zero-order valence-corrected chi connectivity index (χ0v) is 19.2. The molecule has 0 aromatic carbocycles. The summed E-state index contributed by atoms with van der Waals surface area (Å²) in [6, 6.07) is 1.44. The van der Waals surface area contributed by atoms with Crippen LogP contribution in [-0.2, 0) is 13.1 Å². The van der Waals surface area contributed by atoms with E-state index in [9.17, 15) is 4.39 Å². The number of rotatable bonds is 5. The molecular formula is C22H27FN8S. The average Bonchev–Trinajstić information content (AvgIpc) is 3.34.